The van der Waals surface area contributed by atoms with Gasteiger partial charge >= 0.3 is 6.18 Å². The van der Waals surface area contributed by atoms with Crippen LogP contribution in [0.4, 0.5) is 13.2 Å². The maximum atomic E-state index is 12.6. The molecule has 1 nitrogen and oxygen atoms in total. The quantitative estimate of drug-likeness (QED) is 0.601. The van der Waals surface area contributed by atoms with Gasteiger partial charge in [-0.25, -0.2) is 0 Å². The second-order valence-corrected chi connectivity index (χ2v) is 4.34. The van der Waals surface area contributed by atoms with Crippen molar-refractivity contribution < 1.29 is 18.0 Å². The summed E-state index contributed by atoms with van der Waals surface area (Å²) in [6.45, 7) is 0. The van der Waals surface area contributed by atoms with E-state index in [-0.39, 0.29) is 22.3 Å². The molecule has 0 spiro atoms. The molecule has 1 aromatic rings. The summed E-state index contributed by atoms with van der Waals surface area (Å²) >= 11 is 8.27. The highest BCUT2D eigenvalue weighted by molar-refractivity contribution is 9.10. The van der Waals surface area contributed by atoms with Gasteiger partial charge in [-0.3, -0.25) is 4.79 Å². The van der Waals surface area contributed by atoms with Gasteiger partial charge in [0.2, 0.25) is 0 Å². The second kappa shape index (κ2) is 5.19. The fourth-order valence-electron chi connectivity index (χ4n) is 1.21. The van der Waals surface area contributed by atoms with Crippen LogP contribution in [0.2, 0.25) is 0 Å². The summed E-state index contributed by atoms with van der Waals surface area (Å²) in [4.78, 5) is 11.4. The predicted octanol–water partition coefficient (Wildman–Crippen LogP) is 4.28. The monoisotopic (exact) mass is 314 g/mol. The molecule has 0 fully saturated rings. The molecule has 0 N–H and O–H groups in total. The zero-order valence-electron chi connectivity index (χ0n) is 7.94. The van der Waals surface area contributed by atoms with Gasteiger partial charge in [-0.2, -0.15) is 13.2 Å². The van der Waals surface area contributed by atoms with E-state index in [4.69, 9.17) is 11.6 Å². The normalized spacial score (nSPS) is 11.6. The van der Waals surface area contributed by atoms with Crippen molar-refractivity contribution in [1.29, 1.82) is 0 Å². The Morgan fingerprint density at radius 2 is 2.00 bits per heavy atom. The van der Waals surface area contributed by atoms with Crippen LogP contribution >= 0.6 is 27.5 Å². The molecule has 0 radical (unpaired) electrons. The van der Waals surface area contributed by atoms with E-state index >= 15 is 0 Å². The van der Waals surface area contributed by atoms with Gasteiger partial charge in [0, 0.05) is 22.3 Å². The van der Waals surface area contributed by atoms with Gasteiger partial charge in [0.1, 0.15) is 0 Å². The molecular weight excluding hydrogens is 308 g/mol. The Bertz CT molecular complexity index is 404. The van der Waals surface area contributed by atoms with Gasteiger partial charge < -0.3 is 0 Å². The van der Waals surface area contributed by atoms with Crippen molar-refractivity contribution >= 4 is 33.3 Å². The number of halogens is 5. The highest BCUT2D eigenvalue weighted by atomic mass is 79.9. The molecule has 0 bridgehead atoms. The van der Waals surface area contributed by atoms with Crippen molar-refractivity contribution in [2.75, 3.05) is 5.88 Å². The summed E-state index contributed by atoms with van der Waals surface area (Å²) in [5.74, 6) is -0.596. The summed E-state index contributed by atoms with van der Waals surface area (Å²) in [6, 6.07) is 3.44. The number of benzene rings is 1. The summed E-state index contributed by atoms with van der Waals surface area (Å²) in [5, 5.41) is 0. The Balaban J connectivity index is 3.23. The minimum Gasteiger partial charge on any atom is -0.294 e. The van der Waals surface area contributed by atoms with Crippen molar-refractivity contribution in [3.8, 4) is 0 Å². The average molecular weight is 316 g/mol. The number of hydrogen-bond acceptors (Lipinski definition) is 1. The molecule has 0 unspecified atom stereocenters. The molecular formula is C10H7BrClF3O. The summed E-state index contributed by atoms with van der Waals surface area (Å²) < 4.78 is 38.1. The van der Waals surface area contributed by atoms with E-state index < -0.39 is 17.5 Å². The first-order chi connectivity index (χ1) is 7.36. The van der Waals surface area contributed by atoms with E-state index in [1.165, 1.54) is 6.07 Å². The maximum absolute atomic E-state index is 12.6. The molecule has 1 aromatic carbocycles. The third kappa shape index (κ3) is 3.22. The third-order valence-corrected chi connectivity index (χ3v) is 2.59. The summed E-state index contributed by atoms with van der Waals surface area (Å²) in [5.41, 5.74) is -1.27. The Hall–Kier alpha value is -0.550. The van der Waals surface area contributed by atoms with E-state index in [0.29, 0.717) is 0 Å². The Kier molecular flexibility index (Phi) is 4.38. The highest BCUT2D eigenvalue weighted by Crippen LogP contribution is 2.34. The lowest BCUT2D eigenvalue weighted by atomic mass is 10.0. The lowest BCUT2D eigenvalue weighted by Crippen LogP contribution is -2.13. The van der Waals surface area contributed by atoms with Crippen LogP contribution in [-0.4, -0.2) is 11.7 Å². The SMILES string of the molecule is O=C(CCCl)c1ccc(Br)cc1C(F)(F)F. The Labute approximate surface area is 104 Å². The van der Waals surface area contributed by atoms with E-state index in [1.54, 1.807) is 0 Å². The van der Waals surface area contributed by atoms with Crippen LogP contribution in [-0.2, 0) is 6.18 Å². The number of alkyl halides is 4. The number of carbonyl (C=O) groups excluding carboxylic acids is 1. The fraction of sp³-hybridized carbons (Fsp3) is 0.300. The first-order valence-corrected chi connectivity index (χ1v) is 5.65. The van der Waals surface area contributed by atoms with Crippen molar-refractivity contribution in [2.24, 2.45) is 0 Å². The zero-order chi connectivity index (χ0) is 12.3. The van der Waals surface area contributed by atoms with E-state index in [2.05, 4.69) is 15.9 Å². The molecule has 0 amide bonds. The number of ketones is 1. The first kappa shape index (κ1) is 13.5. The van der Waals surface area contributed by atoms with Crippen LogP contribution in [0.1, 0.15) is 22.3 Å². The fourth-order valence-corrected chi connectivity index (χ4v) is 1.75. The van der Waals surface area contributed by atoms with E-state index in [9.17, 15) is 18.0 Å². The largest absolute Gasteiger partial charge is 0.417 e. The van der Waals surface area contributed by atoms with Gasteiger partial charge in [0.15, 0.2) is 5.78 Å². The highest BCUT2D eigenvalue weighted by Gasteiger charge is 2.35. The lowest BCUT2D eigenvalue weighted by molar-refractivity contribution is -0.138. The first-order valence-electron chi connectivity index (χ1n) is 4.32. The number of carbonyl (C=O) groups is 1. The molecule has 6 heteroatoms. The molecule has 0 saturated carbocycles. The topological polar surface area (TPSA) is 17.1 Å². The second-order valence-electron chi connectivity index (χ2n) is 3.05. The zero-order valence-corrected chi connectivity index (χ0v) is 10.3. The van der Waals surface area contributed by atoms with E-state index in [0.717, 1.165) is 12.1 Å². The summed E-state index contributed by atoms with van der Waals surface area (Å²) in [6.07, 6.45) is -4.65. The van der Waals surface area contributed by atoms with Crippen molar-refractivity contribution in [1.82, 2.24) is 0 Å². The standard InChI is InChI=1S/C10H7BrClF3O/c11-6-1-2-7(9(16)3-4-12)8(5-6)10(13,14)15/h1-2,5H,3-4H2. The molecule has 16 heavy (non-hydrogen) atoms. The number of rotatable bonds is 3. The third-order valence-electron chi connectivity index (χ3n) is 1.91. The molecule has 0 heterocycles. The average Bonchev–Trinajstić information content (AvgIpc) is 2.16. The molecule has 0 aliphatic rings. The maximum Gasteiger partial charge on any atom is 0.417 e. The predicted molar refractivity (Wildman–Crippen MR) is 58.8 cm³/mol. The number of hydrogen-bond donors (Lipinski definition) is 0. The molecule has 88 valence electrons. The van der Waals surface area contributed by atoms with Gasteiger partial charge in [-0.15, -0.1) is 11.6 Å². The minimum absolute atomic E-state index is 0.00615. The van der Waals surface area contributed by atoms with E-state index in [1.807, 2.05) is 0 Å². The van der Waals surface area contributed by atoms with Crippen molar-refractivity contribution in [3.05, 3.63) is 33.8 Å². The Morgan fingerprint density at radius 3 is 2.50 bits per heavy atom. The molecule has 0 aromatic heterocycles. The Morgan fingerprint density at radius 1 is 1.38 bits per heavy atom. The van der Waals surface area contributed by atoms with Crippen LogP contribution in [0.15, 0.2) is 22.7 Å². The van der Waals surface area contributed by atoms with Crippen LogP contribution in [0, 0.1) is 0 Å². The minimum atomic E-state index is -4.54. The van der Waals surface area contributed by atoms with Gasteiger partial charge in [0.05, 0.1) is 5.56 Å². The van der Waals surface area contributed by atoms with Crippen LogP contribution in [0.25, 0.3) is 0 Å². The molecule has 1 rings (SSSR count). The van der Waals surface area contributed by atoms with Crippen LogP contribution < -0.4 is 0 Å². The van der Waals surface area contributed by atoms with Crippen LogP contribution in [0.5, 0.6) is 0 Å². The smallest absolute Gasteiger partial charge is 0.294 e. The summed E-state index contributed by atoms with van der Waals surface area (Å²) in [7, 11) is 0. The molecule has 0 saturated heterocycles. The van der Waals surface area contributed by atoms with Crippen molar-refractivity contribution in [2.45, 2.75) is 12.6 Å². The molecule has 0 aliphatic carbocycles. The lowest BCUT2D eigenvalue weighted by Gasteiger charge is -2.12. The van der Waals surface area contributed by atoms with Gasteiger partial charge in [-0.05, 0) is 18.2 Å². The van der Waals surface area contributed by atoms with Crippen LogP contribution in [0.3, 0.4) is 0 Å². The van der Waals surface area contributed by atoms with Crippen molar-refractivity contribution in [3.63, 3.8) is 0 Å². The van der Waals surface area contributed by atoms with Gasteiger partial charge in [0.25, 0.3) is 0 Å². The number of Topliss-reactive ketones (excluding diaryl/α,β-unsaturated/α-hetero) is 1. The molecule has 0 aliphatic heterocycles. The van der Waals surface area contributed by atoms with Gasteiger partial charge in [-0.1, -0.05) is 15.9 Å². The molecule has 0 atom stereocenters.